The SMILES string of the molecule is O=C(Nc1cnn(CC2CCCO2)c1)NC1Cc2ccccc2C1. The topological polar surface area (TPSA) is 68.2 Å². The van der Waals surface area contributed by atoms with E-state index < -0.39 is 0 Å². The van der Waals surface area contributed by atoms with Gasteiger partial charge in [0.2, 0.25) is 0 Å². The zero-order valence-corrected chi connectivity index (χ0v) is 13.6. The number of carbonyl (C=O) groups is 1. The van der Waals surface area contributed by atoms with Crippen molar-refractivity contribution in [2.24, 2.45) is 0 Å². The van der Waals surface area contributed by atoms with Gasteiger partial charge in [-0.05, 0) is 36.8 Å². The molecule has 2 N–H and O–H groups in total. The van der Waals surface area contributed by atoms with Crippen molar-refractivity contribution in [3.8, 4) is 0 Å². The van der Waals surface area contributed by atoms with Gasteiger partial charge in [-0.25, -0.2) is 4.79 Å². The van der Waals surface area contributed by atoms with Crippen LogP contribution >= 0.6 is 0 Å². The maximum atomic E-state index is 12.2. The minimum absolute atomic E-state index is 0.157. The molecule has 6 heteroatoms. The van der Waals surface area contributed by atoms with Crippen molar-refractivity contribution in [2.45, 2.75) is 44.4 Å². The Balaban J connectivity index is 1.28. The van der Waals surface area contributed by atoms with Gasteiger partial charge in [0, 0.05) is 18.8 Å². The van der Waals surface area contributed by atoms with E-state index in [0.29, 0.717) is 5.69 Å². The predicted molar refractivity (Wildman–Crippen MR) is 91.0 cm³/mol. The van der Waals surface area contributed by atoms with Gasteiger partial charge in [-0.3, -0.25) is 4.68 Å². The molecule has 2 aromatic rings. The molecule has 1 aliphatic heterocycles. The monoisotopic (exact) mass is 326 g/mol. The van der Waals surface area contributed by atoms with Crippen LogP contribution in [0.1, 0.15) is 24.0 Å². The molecule has 1 aromatic carbocycles. The van der Waals surface area contributed by atoms with Crippen LogP contribution in [0.3, 0.4) is 0 Å². The van der Waals surface area contributed by atoms with Crippen molar-refractivity contribution < 1.29 is 9.53 Å². The molecular formula is C18H22N4O2. The number of hydrogen-bond acceptors (Lipinski definition) is 3. The number of aromatic nitrogens is 2. The third kappa shape index (κ3) is 3.43. The first-order chi connectivity index (χ1) is 11.8. The molecule has 1 aromatic heterocycles. The van der Waals surface area contributed by atoms with Crippen molar-refractivity contribution in [2.75, 3.05) is 11.9 Å². The van der Waals surface area contributed by atoms with E-state index in [-0.39, 0.29) is 18.2 Å². The van der Waals surface area contributed by atoms with E-state index in [2.05, 4.69) is 27.9 Å². The highest BCUT2D eigenvalue weighted by atomic mass is 16.5. The summed E-state index contributed by atoms with van der Waals surface area (Å²) in [6, 6.07) is 8.33. The Hall–Kier alpha value is -2.34. The molecule has 1 unspecified atom stereocenters. The average molecular weight is 326 g/mol. The molecule has 0 bridgehead atoms. The lowest BCUT2D eigenvalue weighted by Crippen LogP contribution is -2.38. The van der Waals surface area contributed by atoms with Gasteiger partial charge in [-0.1, -0.05) is 24.3 Å². The minimum Gasteiger partial charge on any atom is -0.376 e. The zero-order chi connectivity index (χ0) is 16.4. The zero-order valence-electron chi connectivity index (χ0n) is 13.6. The van der Waals surface area contributed by atoms with Gasteiger partial charge in [-0.2, -0.15) is 5.10 Å². The number of benzene rings is 1. The Bertz CT molecular complexity index is 696. The fourth-order valence-electron chi connectivity index (χ4n) is 3.54. The van der Waals surface area contributed by atoms with Crippen LogP contribution in [0.5, 0.6) is 0 Å². The molecular weight excluding hydrogens is 304 g/mol. The lowest BCUT2D eigenvalue weighted by atomic mass is 10.1. The normalized spacial score (nSPS) is 20.1. The van der Waals surface area contributed by atoms with E-state index in [0.717, 1.165) is 38.8 Å². The smallest absolute Gasteiger partial charge is 0.319 e. The van der Waals surface area contributed by atoms with E-state index in [4.69, 9.17) is 4.74 Å². The van der Waals surface area contributed by atoms with E-state index in [1.54, 1.807) is 6.20 Å². The molecule has 6 nitrogen and oxygen atoms in total. The van der Waals surface area contributed by atoms with Crippen LogP contribution in [0.2, 0.25) is 0 Å². The minimum atomic E-state index is -0.176. The largest absolute Gasteiger partial charge is 0.376 e. The quantitative estimate of drug-likeness (QED) is 0.906. The van der Waals surface area contributed by atoms with Crippen LogP contribution in [0.4, 0.5) is 10.5 Å². The summed E-state index contributed by atoms with van der Waals surface area (Å²) in [5, 5.41) is 10.2. The third-order valence-corrected chi connectivity index (χ3v) is 4.69. The number of fused-ring (bicyclic) bond motifs is 1. The number of urea groups is 1. The van der Waals surface area contributed by atoms with Gasteiger partial charge in [0.1, 0.15) is 0 Å². The summed E-state index contributed by atoms with van der Waals surface area (Å²) < 4.78 is 7.44. The van der Waals surface area contributed by atoms with Crippen LogP contribution in [-0.4, -0.2) is 34.6 Å². The van der Waals surface area contributed by atoms with E-state index >= 15 is 0 Å². The molecule has 0 saturated carbocycles. The van der Waals surface area contributed by atoms with Crippen molar-refractivity contribution in [1.29, 1.82) is 0 Å². The Morgan fingerprint density at radius 1 is 1.29 bits per heavy atom. The summed E-state index contributed by atoms with van der Waals surface area (Å²) in [7, 11) is 0. The second kappa shape index (κ2) is 6.65. The van der Waals surface area contributed by atoms with Crippen LogP contribution in [0.25, 0.3) is 0 Å². The second-order valence-corrected chi connectivity index (χ2v) is 6.56. The van der Waals surface area contributed by atoms with E-state index in [9.17, 15) is 4.79 Å². The average Bonchev–Trinajstić information content (AvgIpc) is 3.28. The predicted octanol–water partition coefficient (Wildman–Crippen LogP) is 2.35. The fourth-order valence-corrected chi connectivity index (χ4v) is 3.54. The molecule has 2 amide bonds. The summed E-state index contributed by atoms with van der Waals surface area (Å²) >= 11 is 0. The Morgan fingerprint density at radius 2 is 2.08 bits per heavy atom. The van der Waals surface area contributed by atoms with Gasteiger partial charge in [0.25, 0.3) is 0 Å². The standard InChI is InChI=1S/C18H22N4O2/c23-18(20-15-8-13-4-1-2-5-14(13)9-15)21-16-10-19-22(11-16)12-17-6-3-7-24-17/h1-2,4-5,10-11,15,17H,3,6-9,12H2,(H2,20,21,23). The number of carbonyl (C=O) groups excluding carboxylic acids is 1. The van der Waals surface area contributed by atoms with Crippen molar-refractivity contribution in [3.63, 3.8) is 0 Å². The van der Waals surface area contributed by atoms with Crippen LogP contribution in [0, 0.1) is 0 Å². The van der Waals surface area contributed by atoms with Gasteiger partial charge in [0.05, 0.1) is 24.5 Å². The summed E-state index contributed by atoms with van der Waals surface area (Å²) in [5.74, 6) is 0. The van der Waals surface area contributed by atoms with Crippen LogP contribution in [0.15, 0.2) is 36.7 Å². The summed E-state index contributed by atoms with van der Waals surface area (Å²) in [6.07, 6.45) is 7.74. The highest BCUT2D eigenvalue weighted by Gasteiger charge is 2.22. The van der Waals surface area contributed by atoms with Gasteiger partial charge < -0.3 is 15.4 Å². The highest BCUT2D eigenvalue weighted by molar-refractivity contribution is 5.89. The molecule has 0 spiro atoms. The molecule has 1 saturated heterocycles. The molecule has 1 aliphatic carbocycles. The van der Waals surface area contributed by atoms with Gasteiger partial charge in [0.15, 0.2) is 0 Å². The van der Waals surface area contributed by atoms with E-state index in [1.807, 2.05) is 23.0 Å². The van der Waals surface area contributed by atoms with Crippen molar-refractivity contribution in [3.05, 3.63) is 47.8 Å². The molecule has 2 heterocycles. The van der Waals surface area contributed by atoms with Crippen LogP contribution < -0.4 is 10.6 Å². The third-order valence-electron chi connectivity index (χ3n) is 4.69. The molecule has 1 fully saturated rings. The maximum absolute atomic E-state index is 12.2. The Labute approximate surface area is 141 Å². The molecule has 2 aliphatic rings. The number of ether oxygens (including phenoxy) is 1. The molecule has 1 atom stereocenters. The lowest BCUT2D eigenvalue weighted by Gasteiger charge is -2.12. The van der Waals surface area contributed by atoms with Crippen LogP contribution in [-0.2, 0) is 24.1 Å². The maximum Gasteiger partial charge on any atom is 0.319 e. The first-order valence-corrected chi connectivity index (χ1v) is 8.54. The number of rotatable bonds is 4. The van der Waals surface area contributed by atoms with E-state index in [1.165, 1.54) is 11.1 Å². The summed E-state index contributed by atoms with van der Waals surface area (Å²) in [4.78, 5) is 12.2. The second-order valence-electron chi connectivity index (χ2n) is 6.56. The summed E-state index contributed by atoms with van der Waals surface area (Å²) in [5.41, 5.74) is 3.36. The van der Waals surface area contributed by atoms with Gasteiger partial charge in [-0.15, -0.1) is 0 Å². The number of hydrogen-bond donors (Lipinski definition) is 2. The molecule has 24 heavy (non-hydrogen) atoms. The molecule has 126 valence electrons. The Kier molecular flexibility index (Phi) is 4.21. The first-order valence-electron chi connectivity index (χ1n) is 8.54. The highest BCUT2D eigenvalue weighted by Crippen LogP contribution is 2.21. The summed E-state index contributed by atoms with van der Waals surface area (Å²) in [6.45, 7) is 1.57. The Morgan fingerprint density at radius 3 is 2.79 bits per heavy atom. The number of anilines is 1. The number of nitrogens with one attached hydrogen (secondary N) is 2. The number of amides is 2. The molecule has 4 rings (SSSR count). The fraction of sp³-hybridized carbons (Fsp3) is 0.444. The van der Waals surface area contributed by atoms with Gasteiger partial charge >= 0.3 is 6.03 Å². The number of nitrogens with zero attached hydrogens (tertiary/aromatic N) is 2. The van der Waals surface area contributed by atoms with Crippen molar-refractivity contribution in [1.82, 2.24) is 15.1 Å². The molecule has 0 radical (unpaired) electrons. The lowest BCUT2D eigenvalue weighted by molar-refractivity contribution is 0.0940. The van der Waals surface area contributed by atoms with Crippen molar-refractivity contribution >= 4 is 11.7 Å². The first kappa shape index (κ1) is 15.2.